The second kappa shape index (κ2) is 8.88. The third-order valence-corrected chi connectivity index (χ3v) is 2.18. The van der Waals surface area contributed by atoms with E-state index >= 15 is 0 Å². The van der Waals surface area contributed by atoms with Crippen LogP contribution in [0.4, 0.5) is 0 Å². The molecule has 1 N–H and O–H groups in total. The molecule has 0 aromatic heterocycles. The summed E-state index contributed by atoms with van der Waals surface area (Å²) in [6.07, 6.45) is 1.41. The van der Waals surface area contributed by atoms with Crippen LogP contribution in [0.3, 0.4) is 0 Å². The van der Waals surface area contributed by atoms with Gasteiger partial charge in [-0.2, -0.15) is 0 Å². The smallest absolute Gasteiger partial charge is 0.166 e. The van der Waals surface area contributed by atoms with Crippen LogP contribution < -0.4 is 9.47 Å². The van der Waals surface area contributed by atoms with E-state index < -0.39 is 6.10 Å². The molecule has 17 heavy (non-hydrogen) atoms. The number of hydrogen-bond donors (Lipinski definition) is 1. The predicted octanol–water partition coefficient (Wildman–Crippen LogP) is 3.56. The molecule has 0 amide bonds. The van der Waals surface area contributed by atoms with Gasteiger partial charge in [-0.25, -0.2) is 0 Å². The third kappa shape index (κ3) is 4.65. The highest BCUT2D eigenvalue weighted by Crippen LogP contribution is 2.35. The molecule has 0 fully saturated rings. The average Bonchev–Trinajstić information content (AvgIpc) is 2.37. The number of aliphatic hydroxyl groups excluding tert-OH is 1. The van der Waals surface area contributed by atoms with Crippen LogP contribution in [0.25, 0.3) is 0 Å². The van der Waals surface area contributed by atoms with Crippen molar-refractivity contribution in [1.82, 2.24) is 0 Å². The standard InChI is InChI=1S/C11H16O3.C3H8/c1-4-9(12)8-6-5-7-10(13-2)11(8)14-3;1-3-2/h5-7,9,12H,4H2,1-3H3;3H2,1-2H3. The largest absolute Gasteiger partial charge is 0.493 e. The van der Waals surface area contributed by atoms with Crippen molar-refractivity contribution in [3.63, 3.8) is 0 Å². The molecule has 3 heteroatoms. The van der Waals surface area contributed by atoms with Crippen LogP contribution in [0.15, 0.2) is 18.2 Å². The quantitative estimate of drug-likeness (QED) is 0.874. The second-order valence-electron chi connectivity index (χ2n) is 3.71. The van der Waals surface area contributed by atoms with E-state index in [1.807, 2.05) is 25.1 Å². The normalized spacial score (nSPS) is 11.2. The van der Waals surface area contributed by atoms with Gasteiger partial charge < -0.3 is 14.6 Å². The zero-order valence-corrected chi connectivity index (χ0v) is 11.5. The monoisotopic (exact) mass is 240 g/mol. The van der Waals surface area contributed by atoms with Gasteiger partial charge in [-0.05, 0) is 12.5 Å². The Hall–Kier alpha value is -1.22. The lowest BCUT2D eigenvalue weighted by Crippen LogP contribution is -2.00. The maximum atomic E-state index is 9.73. The van der Waals surface area contributed by atoms with Gasteiger partial charge in [0.1, 0.15) is 0 Å². The van der Waals surface area contributed by atoms with Crippen molar-refractivity contribution in [1.29, 1.82) is 0 Å². The summed E-state index contributed by atoms with van der Waals surface area (Å²) in [5, 5.41) is 9.73. The summed E-state index contributed by atoms with van der Waals surface area (Å²) in [5.74, 6) is 1.27. The summed E-state index contributed by atoms with van der Waals surface area (Å²) in [6.45, 7) is 6.17. The van der Waals surface area contributed by atoms with Gasteiger partial charge in [-0.3, -0.25) is 0 Å². The van der Waals surface area contributed by atoms with E-state index in [9.17, 15) is 5.11 Å². The Morgan fingerprint density at radius 2 is 1.71 bits per heavy atom. The number of rotatable bonds is 4. The molecular formula is C14H24O3. The molecule has 1 aromatic carbocycles. The number of benzene rings is 1. The zero-order valence-electron chi connectivity index (χ0n) is 11.5. The molecule has 0 spiro atoms. The number of hydrogen-bond acceptors (Lipinski definition) is 3. The van der Waals surface area contributed by atoms with Crippen LogP contribution in [0, 0.1) is 0 Å². The lowest BCUT2D eigenvalue weighted by atomic mass is 10.1. The molecule has 1 aromatic rings. The first-order valence-electron chi connectivity index (χ1n) is 6.05. The highest BCUT2D eigenvalue weighted by atomic mass is 16.5. The van der Waals surface area contributed by atoms with E-state index in [2.05, 4.69) is 13.8 Å². The van der Waals surface area contributed by atoms with Crippen LogP contribution in [0.5, 0.6) is 11.5 Å². The lowest BCUT2D eigenvalue weighted by Gasteiger charge is -2.15. The van der Waals surface area contributed by atoms with Crippen LogP contribution in [0.2, 0.25) is 0 Å². The van der Waals surface area contributed by atoms with Crippen LogP contribution in [0.1, 0.15) is 45.3 Å². The molecule has 0 aliphatic rings. The topological polar surface area (TPSA) is 38.7 Å². The molecule has 1 unspecified atom stereocenters. The molecule has 0 bridgehead atoms. The van der Waals surface area contributed by atoms with Gasteiger partial charge >= 0.3 is 0 Å². The summed E-state index contributed by atoms with van der Waals surface area (Å²) in [5.41, 5.74) is 0.773. The first kappa shape index (κ1) is 15.8. The number of methoxy groups -OCH3 is 2. The highest BCUT2D eigenvalue weighted by molar-refractivity contribution is 5.47. The maximum absolute atomic E-state index is 9.73. The molecule has 0 aliphatic heterocycles. The molecule has 0 heterocycles. The Kier molecular flexibility index (Phi) is 8.24. The maximum Gasteiger partial charge on any atom is 0.166 e. The van der Waals surface area contributed by atoms with Crippen molar-refractivity contribution in [2.24, 2.45) is 0 Å². The molecule has 1 atom stereocenters. The molecule has 0 radical (unpaired) electrons. The minimum Gasteiger partial charge on any atom is -0.493 e. The van der Waals surface area contributed by atoms with Crippen LogP contribution in [-0.4, -0.2) is 19.3 Å². The lowest BCUT2D eigenvalue weighted by molar-refractivity contribution is 0.168. The average molecular weight is 240 g/mol. The fourth-order valence-corrected chi connectivity index (χ4v) is 1.39. The molecule has 98 valence electrons. The van der Waals surface area contributed by atoms with Gasteiger partial charge in [0.25, 0.3) is 0 Å². The van der Waals surface area contributed by atoms with E-state index in [-0.39, 0.29) is 0 Å². The SMILES string of the molecule is CCC.CCC(O)c1cccc(OC)c1OC. The molecule has 0 saturated carbocycles. The Bertz CT molecular complexity index is 310. The summed E-state index contributed by atoms with van der Waals surface area (Å²) >= 11 is 0. The van der Waals surface area contributed by atoms with Gasteiger partial charge in [0.05, 0.1) is 20.3 Å². The van der Waals surface area contributed by atoms with Gasteiger partial charge in [-0.15, -0.1) is 0 Å². The Labute approximate surface area is 104 Å². The van der Waals surface area contributed by atoms with Crippen molar-refractivity contribution >= 4 is 0 Å². The first-order valence-corrected chi connectivity index (χ1v) is 6.05. The molecule has 3 nitrogen and oxygen atoms in total. The van der Waals surface area contributed by atoms with Crippen LogP contribution >= 0.6 is 0 Å². The van der Waals surface area contributed by atoms with Gasteiger partial charge in [0.2, 0.25) is 0 Å². The number of para-hydroxylation sites is 1. The summed E-state index contributed by atoms with van der Waals surface area (Å²) in [7, 11) is 3.16. The second-order valence-corrected chi connectivity index (χ2v) is 3.71. The van der Waals surface area contributed by atoms with Crippen molar-refractivity contribution < 1.29 is 14.6 Å². The summed E-state index contributed by atoms with van der Waals surface area (Å²) < 4.78 is 10.3. The van der Waals surface area contributed by atoms with E-state index in [0.717, 1.165) is 5.56 Å². The minimum atomic E-state index is -0.500. The molecular weight excluding hydrogens is 216 g/mol. The fraction of sp³-hybridized carbons (Fsp3) is 0.571. The molecule has 0 saturated heterocycles. The van der Waals surface area contributed by atoms with Gasteiger partial charge in [-0.1, -0.05) is 39.3 Å². The van der Waals surface area contributed by atoms with Crippen LogP contribution in [-0.2, 0) is 0 Å². The molecule has 1 rings (SSSR count). The summed E-state index contributed by atoms with van der Waals surface area (Å²) in [6, 6.07) is 5.50. The van der Waals surface area contributed by atoms with E-state index in [0.29, 0.717) is 17.9 Å². The van der Waals surface area contributed by atoms with Crippen molar-refractivity contribution in [3.8, 4) is 11.5 Å². The van der Waals surface area contributed by atoms with E-state index in [4.69, 9.17) is 9.47 Å². The van der Waals surface area contributed by atoms with E-state index in [1.165, 1.54) is 6.42 Å². The third-order valence-electron chi connectivity index (χ3n) is 2.18. The molecule has 0 aliphatic carbocycles. The van der Waals surface area contributed by atoms with Crippen molar-refractivity contribution in [2.75, 3.05) is 14.2 Å². The Balaban J connectivity index is 0.000000770. The highest BCUT2D eigenvalue weighted by Gasteiger charge is 2.14. The first-order chi connectivity index (χ1) is 8.15. The number of ether oxygens (including phenoxy) is 2. The van der Waals surface area contributed by atoms with Crippen molar-refractivity contribution in [2.45, 2.75) is 39.7 Å². The van der Waals surface area contributed by atoms with Gasteiger partial charge in [0.15, 0.2) is 11.5 Å². The number of aliphatic hydroxyl groups is 1. The van der Waals surface area contributed by atoms with E-state index in [1.54, 1.807) is 14.2 Å². The predicted molar refractivity (Wildman–Crippen MR) is 70.8 cm³/mol. The zero-order chi connectivity index (χ0) is 13.3. The Morgan fingerprint density at radius 1 is 1.12 bits per heavy atom. The fourth-order valence-electron chi connectivity index (χ4n) is 1.39. The minimum absolute atomic E-state index is 0.500. The van der Waals surface area contributed by atoms with Gasteiger partial charge in [0, 0.05) is 5.56 Å². The Morgan fingerprint density at radius 3 is 2.12 bits per heavy atom. The summed E-state index contributed by atoms with van der Waals surface area (Å²) in [4.78, 5) is 0. The van der Waals surface area contributed by atoms with Crippen molar-refractivity contribution in [3.05, 3.63) is 23.8 Å².